The molecule has 0 spiro atoms. The lowest BCUT2D eigenvalue weighted by Gasteiger charge is -2.17. The summed E-state index contributed by atoms with van der Waals surface area (Å²) in [5.41, 5.74) is 5.95. The fraction of sp³-hybridized carbons (Fsp3) is 0.529. The number of aromatic nitrogens is 2. The third-order valence-corrected chi connectivity index (χ3v) is 4.63. The molecule has 1 saturated carbocycles. The Hall–Kier alpha value is -1.60. The van der Waals surface area contributed by atoms with Crippen LogP contribution in [-0.4, -0.2) is 10.1 Å². The average Bonchev–Trinajstić information content (AvgIpc) is 3.16. The molecule has 0 amide bonds. The van der Waals surface area contributed by atoms with Crippen LogP contribution in [0.25, 0.3) is 0 Å². The minimum atomic E-state index is -4.32. The van der Waals surface area contributed by atoms with Crippen LogP contribution in [0.15, 0.2) is 28.8 Å². The van der Waals surface area contributed by atoms with Crippen molar-refractivity contribution in [3.63, 3.8) is 0 Å². The van der Waals surface area contributed by atoms with E-state index in [1.165, 1.54) is 12.1 Å². The topological polar surface area (TPSA) is 64.9 Å². The largest absolute Gasteiger partial charge is 0.416 e. The van der Waals surface area contributed by atoms with Gasteiger partial charge in [-0.25, -0.2) is 0 Å². The maximum absolute atomic E-state index is 12.6. The van der Waals surface area contributed by atoms with Gasteiger partial charge < -0.3 is 10.3 Å². The highest BCUT2D eigenvalue weighted by atomic mass is 35.5. The van der Waals surface area contributed by atoms with E-state index >= 15 is 0 Å². The Morgan fingerprint density at radius 1 is 1.20 bits per heavy atom. The summed E-state index contributed by atoms with van der Waals surface area (Å²) in [4.78, 5) is 4.43. The Kier molecular flexibility index (Phi) is 5.79. The van der Waals surface area contributed by atoms with Gasteiger partial charge in [-0.05, 0) is 37.0 Å². The second kappa shape index (κ2) is 7.33. The smallest absolute Gasteiger partial charge is 0.339 e. The molecule has 4 nitrogen and oxygen atoms in total. The van der Waals surface area contributed by atoms with Crippen LogP contribution in [-0.2, 0) is 18.1 Å². The summed E-state index contributed by atoms with van der Waals surface area (Å²) in [6, 6.07) is 5.15. The van der Waals surface area contributed by atoms with Crippen LogP contribution in [0.2, 0.25) is 0 Å². The van der Waals surface area contributed by atoms with Gasteiger partial charge in [-0.1, -0.05) is 37.1 Å². The van der Waals surface area contributed by atoms with Crippen molar-refractivity contribution in [1.29, 1.82) is 0 Å². The second-order valence-corrected chi connectivity index (χ2v) is 6.62. The van der Waals surface area contributed by atoms with Gasteiger partial charge in [-0.2, -0.15) is 18.2 Å². The molecule has 0 saturated heterocycles. The van der Waals surface area contributed by atoms with E-state index in [1.807, 2.05) is 6.92 Å². The standard InChI is InChI=1S/C17H20F3N3O.ClH/c1-11(10-12-4-6-13(7-5-12)17(18,19)20)14-22-15(23-24-14)16(21)8-2-3-9-16;/h4-7,11H,2-3,8-10,21H2,1H3;1H. The number of hydrogen-bond acceptors (Lipinski definition) is 4. The third kappa shape index (κ3) is 4.33. The first-order chi connectivity index (χ1) is 11.3. The maximum Gasteiger partial charge on any atom is 0.416 e. The fourth-order valence-corrected chi connectivity index (χ4v) is 3.14. The summed E-state index contributed by atoms with van der Waals surface area (Å²) in [5.74, 6) is 0.920. The first-order valence-electron chi connectivity index (χ1n) is 8.07. The van der Waals surface area contributed by atoms with E-state index in [2.05, 4.69) is 10.1 Å². The molecule has 0 aliphatic heterocycles. The molecule has 1 atom stereocenters. The van der Waals surface area contributed by atoms with Gasteiger partial charge in [-0.15, -0.1) is 12.4 Å². The van der Waals surface area contributed by atoms with Crippen molar-refractivity contribution in [2.24, 2.45) is 5.73 Å². The summed E-state index contributed by atoms with van der Waals surface area (Å²) < 4.78 is 43.1. The highest BCUT2D eigenvalue weighted by Crippen LogP contribution is 2.35. The first-order valence-corrected chi connectivity index (χ1v) is 8.07. The van der Waals surface area contributed by atoms with Crippen molar-refractivity contribution in [1.82, 2.24) is 10.1 Å². The molecule has 1 aromatic heterocycles. The van der Waals surface area contributed by atoms with Crippen LogP contribution in [0, 0.1) is 0 Å². The lowest BCUT2D eigenvalue weighted by molar-refractivity contribution is -0.137. The minimum absolute atomic E-state index is 0. The van der Waals surface area contributed by atoms with Crippen LogP contribution in [0.5, 0.6) is 0 Å². The highest BCUT2D eigenvalue weighted by molar-refractivity contribution is 5.85. The lowest BCUT2D eigenvalue weighted by Crippen LogP contribution is -2.34. The van der Waals surface area contributed by atoms with Gasteiger partial charge in [-0.3, -0.25) is 0 Å². The molecule has 138 valence electrons. The fourth-order valence-electron chi connectivity index (χ4n) is 3.14. The molecular weight excluding hydrogens is 355 g/mol. The third-order valence-electron chi connectivity index (χ3n) is 4.63. The Morgan fingerprint density at radius 2 is 1.80 bits per heavy atom. The summed E-state index contributed by atoms with van der Waals surface area (Å²) in [7, 11) is 0. The van der Waals surface area contributed by atoms with Gasteiger partial charge in [0, 0.05) is 5.92 Å². The van der Waals surface area contributed by atoms with Crippen molar-refractivity contribution >= 4 is 12.4 Å². The summed E-state index contributed by atoms with van der Waals surface area (Å²) in [5, 5.41) is 4.02. The maximum atomic E-state index is 12.6. The number of hydrogen-bond donors (Lipinski definition) is 1. The molecule has 2 aromatic rings. The molecule has 3 rings (SSSR count). The van der Waals surface area contributed by atoms with Crippen molar-refractivity contribution in [3.05, 3.63) is 47.1 Å². The Labute approximate surface area is 150 Å². The Balaban J connectivity index is 0.00000225. The minimum Gasteiger partial charge on any atom is -0.339 e. The monoisotopic (exact) mass is 375 g/mol. The molecule has 0 bridgehead atoms. The molecular formula is C17H21ClF3N3O. The Morgan fingerprint density at radius 3 is 2.36 bits per heavy atom. The molecule has 0 radical (unpaired) electrons. The normalized spacial score (nSPS) is 18.0. The van der Waals surface area contributed by atoms with Gasteiger partial charge in [0.25, 0.3) is 0 Å². The molecule has 2 N–H and O–H groups in total. The van der Waals surface area contributed by atoms with E-state index in [4.69, 9.17) is 10.3 Å². The van der Waals surface area contributed by atoms with Gasteiger partial charge in [0.1, 0.15) is 0 Å². The quantitative estimate of drug-likeness (QED) is 0.849. The molecule has 1 aromatic carbocycles. The van der Waals surface area contributed by atoms with Crippen LogP contribution in [0.1, 0.15) is 61.4 Å². The number of halogens is 4. The summed E-state index contributed by atoms with van der Waals surface area (Å²) in [6.07, 6.45) is 0.0150. The van der Waals surface area contributed by atoms with Crippen LogP contribution >= 0.6 is 12.4 Å². The van der Waals surface area contributed by atoms with Crippen molar-refractivity contribution in [2.75, 3.05) is 0 Å². The molecule has 25 heavy (non-hydrogen) atoms. The molecule has 1 aliphatic rings. The van der Waals surface area contributed by atoms with E-state index in [-0.39, 0.29) is 18.3 Å². The molecule has 1 heterocycles. The van der Waals surface area contributed by atoms with E-state index < -0.39 is 17.3 Å². The van der Waals surface area contributed by atoms with E-state index in [0.717, 1.165) is 43.4 Å². The van der Waals surface area contributed by atoms with Gasteiger partial charge in [0.05, 0.1) is 11.1 Å². The second-order valence-electron chi connectivity index (χ2n) is 6.62. The number of nitrogens with zero attached hydrogens (tertiary/aromatic N) is 2. The lowest BCUT2D eigenvalue weighted by atomic mass is 9.98. The summed E-state index contributed by atoms with van der Waals surface area (Å²) >= 11 is 0. The predicted octanol–water partition coefficient (Wildman–Crippen LogP) is 4.58. The zero-order chi connectivity index (χ0) is 17.4. The van der Waals surface area contributed by atoms with E-state index in [0.29, 0.717) is 18.1 Å². The molecule has 1 fully saturated rings. The molecule has 8 heteroatoms. The number of nitrogens with two attached hydrogens (primary N) is 1. The van der Waals surface area contributed by atoms with Crippen LogP contribution in [0.3, 0.4) is 0 Å². The first kappa shape index (κ1) is 19.7. The van der Waals surface area contributed by atoms with Crippen LogP contribution in [0.4, 0.5) is 13.2 Å². The van der Waals surface area contributed by atoms with E-state index in [9.17, 15) is 13.2 Å². The van der Waals surface area contributed by atoms with Gasteiger partial charge >= 0.3 is 6.18 Å². The van der Waals surface area contributed by atoms with Crippen molar-refractivity contribution in [3.8, 4) is 0 Å². The van der Waals surface area contributed by atoms with Crippen molar-refractivity contribution < 1.29 is 17.7 Å². The molecule has 1 aliphatic carbocycles. The molecule has 1 unspecified atom stereocenters. The van der Waals surface area contributed by atoms with Gasteiger partial charge in [0.2, 0.25) is 5.89 Å². The van der Waals surface area contributed by atoms with Gasteiger partial charge in [0.15, 0.2) is 5.82 Å². The van der Waals surface area contributed by atoms with Crippen molar-refractivity contribution in [2.45, 2.75) is 56.7 Å². The summed E-state index contributed by atoms with van der Waals surface area (Å²) in [6.45, 7) is 1.91. The Bertz CT molecular complexity index is 694. The zero-order valence-corrected chi connectivity index (χ0v) is 14.7. The number of alkyl halides is 3. The SMILES string of the molecule is CC(Cc1ccc(C(F)(F)F)cc1)c1nc(C2(N)CCCC2)no1.Cl. The number of rotatable bonds is 4. The predicted molar refractivity (Wildman–Crippen MR) is 89.4 cm³/mol. The zero-order valence-electron chi connectivity index (χ0n) is 13.8. The number of benzene rings is 1. The highest BCUT2D eigenvalue weighted by Gasteiger charge is 2.36. The average molecular weight is 376 g/mol. The van der Waals surface area contributed by atoms with E-state index in [1.54, 1.807) is 0 Å². The van der Waals surface area contributed by atoms with Crippen LogP contribution < -0.4 is 5.73 Å².